The molecule has 0 unspecified atom stereocenters. The zero-order valence-electron chi connectivity index (χ0n) is 16.7. The number of anilines is 1. The van der Waals surface area contributed by atoms with Gasteiger partial charge in [-0.3, -0.25) is 4.79 Å². The SMILES string of the molecule is CN(C)C(=O)N1CCC(C(=O)Nc2ccc3nc(-c4ccccc4)[nH]c3c2)CC1. The van der Waals surface area contributed by atoms with Crippen LogP contribution in [0.15, 0.2) is 48.5 Å². The number of aromatic nitrogens is 2. The lowest BCUT2D eigenvalue weighted by atomic mass is 9.96. The van der Waals surface area contributed by atoms with Crippen LogP contribution in [0.1, 0.15) is 12.8 Å². The number of hydrogen-bond acceptors (Lipinski definition) is 3. The van der Waals surface area contributed by atoms with Gasteiger partial charge in [-0.1, -0.05) is 30.3 Å². The first-order valence-electron chi connectivity index (χ1n) is 9.83. The Bertz CT molecular complexity index is 1020. The number of likely N-dealkylation sites (tertiary alicyclic amines) is 1. The second-order valence-electron chi connectivity index (χ2n) is 7.61. The number of amides is 3. The van der Waals surface area contributed by atoms with Crippen molar-refractivity contribution in [2.75, 3.05) is 32.5 Å². The van der Waals surface area contributed by atoms with Crippen LogP contribution in [0.3, 0.4) is 0 Å². The van der Waals surface area contributed by atoms with E-state index in [4.69, 9.17) is 0 Å². The summed E-state index contributed by atoms with van der Waals surface area (Å²) in [7, 11) is 3.49. The molecule has 7 heteroatoms. The second kappa shape index (κ2) is 7.95. The number of H-pyrrole nitrogens is 1. The summed E-state index contributed by atoms with van der Waals surface area (Å²) in [5.74, 6) is 0.727. The minimum absolute atomic E-state index is 0.00257. The van der Waals surface area contributed by atoms with Crippen LogP contribution < -0.4 is 5.32 Å². The number of nitrogens with zero attached hydrogens (tertiary/aromatic N) is 3. The summed E-state index contributed by atoms with van der Waals surface area (Å²) in [6.07, 6.45) is 1.35. The molecule has 0 atom stereocenters. The zero-order valence-corrected chi connectivity index (χ0v) is 16.7. The number of carbonyl (C=O) groups is 2. The normalized spacial score (nSPS) is 14.8. The number of fused-ring (bicyclic) bond motifs is 1. The van der Waals surface area contributed by atoms with Crippen molar-refractivity contribution in [2.24, 2.45) is 5.92 Å². The van der Waals surface area contributed by atoms with E-state index in [1.807, 2.05) is 48.5 Å². The number of carbonyl (C=O) groups excluding carboxylic acids is 2. The number of benzene rings is 2. The zero-order chi connectivity index (χ0) is 20.4. The Morgan fingerprint density at radius 1 is 1.10 bits per heavy atom. The lowest BCUT2D eigenvalue weighted by Gasteiger charge is -2.33. The van der Waals surface area contributed by atoms with Crippen molar-refractivity contribution in [3.63, 3.8) is 0 Å². The summed E-state index contributed by atoms with van der Waals surface area (Å²) in [6, 6.07) is 15.6. The third-order valence-electron chi connectivity index (χ3n) is 5.32. The molecule has 29 heavy (non-hydrogen) atoms. The van der Waals surface area contributed by atoms with Crippen LogP contribution in [-0.2, 0) is 4.79 Å². The van der Waals surface area contributed by atoms with E-state index in [1.165, 1.54) is 0 Å². The second-order valence-corrected chi connectivity index (χ2v) is 7.61. The molecule has 0 saturated carbocycles. The lowest BCUT2D eigenvalue weighted by molar-refractivity contribution is -0.121. The van der Waals surface area contributed by atoms with Gasteiger partial charge in [0.15, 0.2) is 0 Å². The van der Waals surface area contributed by atoms with Crippen molar-refractivity contribution < 1.29 is 9.59 Å². The van der Waals surface area contributed by atoms with Gasteiger partial charge in [-0.2, -0.15) is 0 Å². The first kappa shape index (κ1) is 19.0. The number of nitrogens with one attached hydrogen (secondary N) is 2. The van der Waals surface area contributed by atoms with Crippen LogP contribution in [0.4, 0.5) is 10.5 Å². The molecule has 2 aromatic carbocycles. The third kappa shape index (κ3) is 4.08. The molecule has 7 nitrogen and oxygen atoms in total. The highest BCUT2D eigenvalue weighted by molar-refractivity contribution is 5.95. The maximum atomic E-state index is 12.7. The standard InChI is InChI=1S/C22H25N5O2/c1-26(2)22(29)27-12-10-16(11-13-27)21(28)23-17-8-9-18-19(14-17)25-20(24-18)15-6-4-3-5-7-15/h3-9,14,16H,10-13H2,1-2H3,(H,23,28)(H,24,25). The average Bonchev–Trinajstić information content (AvgIpc) is 3.17. The molecule has 1 aromatic heterocycles. The van der Waals surface area contributed by atoms with E-state index in [9.17, 15) is 9.59 Å². The Kier molecular flexibility index (Phi) is 5.20. The molecule has 0 aliphatic carbocycles. The Balaban J connectivity index is 1.42. The van der Waals surface area contributed by atoms with Crippen molar-refractivity contribution in [1.29, 1.82) is 0 Å². The van der Waals surface area contributed by atoms with Crippen molar-refractivity contribution >= 4 is 28.7 Å². The number of imidazole rings is 1. The fourth-order valence-corrected chi connectivity index (χ4v) is 3.68. The molecule has 4 rings (SSSR count). The molecule has 0 radical (unpaired) electrons. The van der Waals surface area contributed by atoms with Crippen LogP contribution in [0.5, 0.6) is 0 Å². The Hall–Kier alpha value is -3.35. The maximum absolute atomic E-state index is 12.7. The molecule has 2 heterocycles. The van der Waals surface area contributed by atoms with Gasteiger partial charge in [0.25, 0.3) is 0 Å². The molecule has 1 saturated heterocycles. The van der Waals surface area contributed by atoms with Gasteiger partial charge in [-0.25, -0.2) is 9.78 Å². The van der Waals surface area contributed by atoms with E-state index in [0.717, 1.165) is 28.1 Å². The summed E-state index contributed by atoms with van der Waals surface area (Å²) < 4.78 is 0. The van der Waals surface area contributed by atoms with Gasteiger partial charge in [-0.15, -0.1) is 0 Å². The highest BCUT2D eigenvalue weighted by Crippen LogP contribution is 2.24. The van der Waals surface area contributed by atoms with E-state index in [1.54, 1.807) is 23.9 Å². The molecule has 1 fully saturated rings. The van der Waals surface area contributed by atoms with Gasteiger partial charge in [0, 0.05) is 44.4 Å². The Morgan fingerprint density at radius 2 is 1.83 bits per heavy atom. The molecule has 3 amide bonds. The summed E-state index contributed by atoms with van der Waals surface area (Å²) in [6.45, 7) is 1.21. The number of rotatable bonds is 3. The van der Waals surface area contributed by atoms with Gasteiger partial charge in [0.1, 0.15) is 5.82 Å². The summed E-state index contributed by atoms with van der Waals surface area (Å²) in [4.78, 5) is 36.0. The smallest absolute Gasteiger partial charge is 0.319 e. The molecule has 150 valence electrons. The van der Waals surface area contributed by atoms with E-state index >= 15 is 0 Å². The largest absolute Gasteiger partial charge is 0.338 e. The van der Waals surface area contributed by atoms with E-state index in [2.05, 4.69) is 15.3 Å². The topological polar surface area (TPSA) is 81.3 Å². The average molecular weight is 391 g/mol. The Labute approximate surface area is 169 Å². The van der Waals surface area contributed by atoms with Crippen molar-refractivity contribution in [1.82, 2.24) is 19.8 Å². The van der Waals surface area contributed by atoms with Gasteiger partial charge in [0.2, 0.25) is 5.91 Å². The van der Waals surface area contributed by atoms with Crippen LogP contribution in [0.25, 0.3) is 22.4 Å². The molecule has 2 N–H and O–H groups in total. The van der Waals surface area contributed by atoms with Crippen LogP contribution in [0.2, 0.25) is 0 Å². The van der Waals surface area contributed by atoms with E-state index in [0.29, 0.717) is 25.9 Å². The van der Waals surface area contributed by atoms with Gasteiger partial charge in [-0.05, 0) is 31.0 Å². The van der Waals surface area contributed by atoms with Crippen molar-refractivity contribution in [3.8, 4) is 11.4 Å². The predicted octanol–water partition coefficient (Wildman–Crippen LogP) is 3.56. The molecule has 3 aromatic rings. The third-order valence-corrected chi connectivity index (χ3v) is 5.32. The van der Waals surface area contributed by atoms with Crippen LogP contribution in [-0.4, -0.2) is 58.9 Å². The van der Waals surface area contributed by atoms with Gasteiger partial charge < -0.3 is 20.1 Å². The summed E-state index contributed by atoms with van der Waals surface area (Å²) in [5.41, 5.74) is 3.51. The van der Waals surface area contributed by atoms with Crippen LogP contribution in [0, 0.1) is 5.92 Å². The molecule has 0 bridgehead atoms. The number of piperidine rings is 1. The highest BCUT2D eigenvalue weighted by atomic mass is 16.2. The monoisotopic (exact) mass is 391 g/mol. The van der Waals surface area contributed by atoms with Crippen molar-refractivity contribution in [3.05, 3.63) is 48.5 Å². The summed E-state index contributed by atoms with van der Waals surface area (Å²) >= 11 is 0. The Morgan fingerprint density at radius 3 is 2.52 bits per heavy atom. The molecule has 0 spiro atoms. The van der Waals surface area contributed by atoms with Crippen LogP contribution >= 0.6 is 0 Å². The fourth-order valence-electron chi connectivity index (χ4n) is 3.68. The van der Waals surface area contributed by atoms with Crippen molar-refractivity contribution in [2.45, 2.75) is 12.8 Å². The molecular weight excluding hydrogens is 366 g/mol. The molecule has 1 aliphatic heterocycles. The fraction of sp³-hybridized carbons (Fsp3) is 0.318. The van der Waals surface area contributed by atoms with Gasteiger partial charge in [0.05, 0.1) is 11.0 Å². The first-order valence-corrected chi connectivity index (χ1v) is 9.83. The minimum atomic E-state index is -0.0847. The highest BCUT2D eigenvalue weighted by Gasteiger charge is 2.28. The van der Waals surface area contributed by atoms with E-state index in [-0.39, 0.29) is 17.9 Å². The number of aromatic amines is 1. The lowest BCUT2D eigenvalue weighted by Crippen LogP contribution is -2.45. The minimum Gasteiger partial charge on any atom is -0.338 e. The number of hydrogen-bond donors (Lipinski definition) is 2. The maximum Gasteiger partial charge on any atom is 0.319 e. The first-order chi connectivity index (χ1) is 14.0. The number of urea groups is 1. The van der Waals surface area contributed by atoms with Gasteiger partial charge >= 0.3 is 6.03 Å². The molecule has 1 aliphatic rings. The van der Waals surface area contributed by atoms with E-state index < -0.39 is 0 Å². The molecular formula is C22H25N5O2. The predicted molar refractivity (Wildman–Crippen MR) is 114 cm³/mol. The summed E-state index contributed by atoms with van der Waals surface area (Å²) in [5, 5.41) is 3.02. The quantitative estimate of drug-likeness (QED) is 0.716.